The van der Waals surface area contributed by atoms with Gasteiger partial charge < -0.3 is 10.1 Å². The molecule has 0 unspecified atom stereocenters. The summed E-state index contributed by atoms with van der Waals surface area (Å²) in [6.45, 7) is 1.42. The fourth-order valence-corrected chi connectivity index (χ4v) is 4.44. The van der Waals surface area contributed by atoms with E-state index in [1.165, 1.54) is 20.1 Å². The van der Waals surface area contributed by atoms with E-state index >= 15 is 0 Å². The molecule has 0 radical (unpaired) electrons. The summed E-state index contributed by atoms with van der Waals surface area (Å²) < 4.78 is 45.8. The standard InChI is InChI=1S/C19H12ClF3N4O3S/c1-8-5-13(19(21,22)23)27-14(24-8)7-11(26-27)17(28)25-9-3-4-10-12(6-9)31-16(15(10)20)18(29)30-2/h3-7H,1-2H3,(H,25,28). The number of aryl methyl sites for hydroxylation is 1. The summed E-state index contributed by atoms with van der Waals surface area (Å²) in [5.74, 6) is -1.30. The minimum Gasteiger partial charge on any atom is -0.465 e. The van der Waals surface area contributed by atoms with Gasteiger partial charge in [-0.25, -0.2) is 14.3 Å². The molecule has 0 aliphatic carbocycles. The molecular weight excluding hydrogens is 457 g/mol. The third-order valence-electron chi connectivity index (χ3n) is 4.34. The summed E-state index contributed by atoms with van der Waals surface area (Å²) in [4.78, 5) is 28.6. The van der Waals surface area contributed by atoms with Crippen LogP contribution in [0.4, 0.5) is 18.9 Å². The lowest BCUT2D eigenvalue weighted by atomic mass is 10.2. The average molecular weight is 469 g/mol. The molecule has 12 heteroatoms. The van der Waals surface area contributed by atoms with Crippen molar-refractivity contribution >= 4 is 56.2 Å². The topological polar surface area (TPSA) is 85.6 Å². The van der Waals surface area contributed by atoms with Crippen LogP contribution in [0, 0.1) is 6.92 Å². The maximum atomic E-state index is 13.3. The van der Waals surface area contributed by atoms with Crippen LogP contribution in [0.1, 0.15) is 31.5 Å². The van der Waals surface area contributed by atoms with Gasteiger partial charge in [-0.3, -0.25) is 4.79 Å². The van der Waals surface area contributed by atoms with E-state index in [4.69, 9.17) is 16.3 Å². The highest BCUT2D eigenvalue weighted by molar-refractivity contribution is 7.21. The van der Waals surface area contributed by atoms with Crippen LogP contribution in [0.15, 0.2) is 30.3 Å². The highest BCUT2D eigenvalue weighted by Crippen LogP contribution is 2.37. The van der Waals surface area contributed by atoms with Crippen LogP contribution in [0.2, 0.25) is 5.02 Å². The van der Waals surface area contributed by atoms with Gasteiger partial charge in [-0.05, 0) is 31.2 Å². The number of ether oxygens (including phenoxy) is 1. The molecule has 0 saturated carbocycles. The number of nitrogens with one attached hydrogen (secondary N) is 1. The number of benzene rings is 1. The Kier molecular flexibility index (Phi) is 5.10. The van der Waals surface area contributed by atoms with Crippen LogP contribution in [0.25, 0.3) is 15.7 Å². The van der Waals surface area contributed by atoms with Crippen LogP contribution in [0.5, 0.6) is 0 Å². The van der Waals surface area contributed by atoms with Gasteiger partial charge in [0.1, 0.15) is 10.6 Å². The largest absolute Gasteiger partial charge is 0.465 e. The van der Waals surface area contributed by atoms with Crippen LogP contribution >= 0.6 is 22.9 Å². The number of rotatable bonds is 3. The highest BCUT2D eigenvalue weighted by atomic mass is 35.5. The number of halogens is 4. The van der Waals surface area contributed by atoms with Crippen LogP contribution in [-0.2, 0) is 10.9 Å². The third kappa shape index (κ3) is 3.81. The van der Waals surface area contributed by atoms with E-state index in [2.05, 4.69) is 15.4 Å². The smallest absolute Gasteiger partial charge is 0.433 e. The number of alkyl halides is 3. The Balaban J connectivity index is 1.67. The Labute approximate surface area is 181 Å². The minimum absolute atomic E-state index is 0.0966. The first kappa shape index (κ1) is 21.1. The summed E-state index contributed by atoms with van der Waals surface area (Å²) in [5, 5.41) is 7.20. The fourth-order valence-electron chi connectivity index (χ4n) is 2.98. The third-order valence-corrected chi connectivity index (χ3v) is 5.97. The van der Waals surface area contributed by atoms with Crippen molar-refractivity contribution in [2.24, 2.45) is 0 Å². The first-order valence-electron chi connectivity index (χ1n) is 8.65. The van der Waals surface area contributed by atoms with E-state index in [9.17, 15) is 22.8 Å². The number of methoxy groups -OCH3 is 1. The van der Waals surface area contributed by atoms with Crippen LogP contribution < -0.4 is 5.32 Å². The summed E-state index contributed by atoms with van der Waals surface area (Å²) in [6, 6.07) is 6.80. The van der Waals surface area contributed by atoms with E-state index in [1.54, 1.807) is 18.2 Å². The lowest BCUT2D eigenvalue weighted by Crippen LogP contribution is -2.15. The number of hydrogen-bond donors (Lipinski definition) is 1. The molecule has 3 heterocycles. The number of aromatic nitrogens is 3. The van der Waals surface area contributed by atoms with E-state index in [1.807, 2.05) is 0 Å². The van der Waals surface area contributed by atoms with Gasteiger partial charge in [0.2, 0.25) is 0 Å². The molecule has 0 aliphatic heterocycles. The number of anilines is 1. The second-order valence-electron chi connectivity index (χ2n) is 6.48. The van der Waals surface area contributed by atoms with Crippen molar-refractivity contribution in [2.45, 2.75) is 13.1 Å². The quantitative estimate of drug-likeness (QED) is 0.429. The van der Waals surface area contributed by atoms with Gasteiger partial charge in [-0.15, -0.1) is 11.3 Å². The molecule has 0 bridgehead atoms. The molecule has 1 N–H and O–H groups in total. The number of amides is 1. The maximum absolute atomic E-state index is 13.3. The molecule has 3 aromatic heterocycles. The summed E-state index contributed by atoms with van der Waals surface area (Å²) in [5.41, 5.74) is -0.861. The van der Waals surface area contributed by atoms with Gasteiger partial charge in [-0.2, -0.15) is 18.3 Å². The number of esters is 1. The molecule has 0 saturated heterocycles. The molecule has 31 heavy (non-hydrogen) atoms. The van der Waals surface area contributed by atoms with Crippen molar-refractivity contribution in [2.75, 3.05) is 12.4 Å². The van der Waals surface area contributed by atoms with E-state index in [-0.39, 0.29) is 26.9 Å². The zero-order valence-electron chi connectivity index (χ0n) is 15.9. The first-order chi connectivity index (χ1) is 14.6. The molecule has 0 aliphatic rings. The number of fused-ring (bicyclic) bond motifs is 2. The molecule has 4 aromatic rings. The molecule has 7 nitrogen and oxygen atoms in total. The predicted molar refractivity (Wildman–Crippen MR) is 109 cm³/mol. The van der Waals surface area contributed by atoms with Crippen molar-refractivity contribution in [3.63, 3.8) is 0 Å². The van der Waals surface area contributed by atoms with Crippen molar-refractivity contribution in [1.29, 1.82) is 0 Å². The molecule has 1 aromatic carbocycles. The van der Waals surface area contributed by atoms with Gasteiger partial charge >= 0.3 is 12.1 Å². The van der Waals surface area contributed by atoms with Crippen LogP contribution in [-0.4, -0.2) is 33.6 Å². The highest BCUT2D eigenvalue weighted by Gasteiger charge is 2.35. The second-order valence-corrected chi connectivity index (χ2v) is 7.91. The number of carbonyl (C=O) groups excluding carboxylic acids is 2. The Morgan fingerprint density at radius 3 is 2.65 bits per heavy atom. The van der Waals surface area contributed by atoms with E-state index in [0.29, 0.717) is 20.3 Å². The summed E-state index contributed by atoms with van der Waals surface area (Å²) in [6.07, 6.45) is -4.66. The molecular formula is C19H12ClF3N4O3S. The lowest BCUT2D eigenvalue weighted by Gasteiger charge is -2.09. The van der Waals surface area contributed by atoms with Crippen LogP contribution in [0.3, 0.4) is 0 Å². The Hall–Kier alpha value is -3.18. The Bertz CT molecular complexity index is 1360. The van der Waals surface area contributed by atoms with Gasteiger partial charge in [0.15, 0.2) is 11.3 Å². The molecule has 160 valence electrons. The average Bonchev–Trinajstić information content (AvgIpc) is 3.27. The fraction of sp³-hybridized carbons (Fsp3) is 0.158. The van der Waals surface area contributed by atoms with Gasteiger partial charge in [-0.1, -0.05) is 11.6 Å². The van der Waals surface area contributed by atoms with Gasteiger partial charge in [0.25, 0.3) is 5.91 Å². The van der Waals surface area contributed by atoms with Crippen molar-refractivity contribution in [3.05, 3.63) is 57.3 Å². The van der Waals surface area contributed by atoms with Crippen molar-refractivity contribution in [1.82, 2.24) is 14.6 Å². The van der Waals surface area contributed by atoms with Gasteiger partial charge in [0, 0.05) is 27.5 Å². The zero-order valence-corrected chi connectivity index (χ0v) is 17.4. The molecule has 0 spiro atoms. The molecule has 0 atom stereocenters. The van der Waals surface area contributed by atoms with Gasteiger partial charge in [0.05, 0.1) is 12.1 Å². The number of carbonyl (C=O) groups is 2. The monoisotopic (exact) mass is 468 g/mol. The van der Waals surface area contributed by atoms with Crippen molar-refractivity contribution < 1.29 is 27.5 Å². The molecule has 1 amide bonds. The van der Waals surface area contributed by atoms with Crippen molar-refractivity contribution in [3.8, 4) is 0 Å². The Morgan fingerprint density at radius 2 is 1.97 bits per heavy atom. The summed E-state index contributed by atoms with van der Waals surface area (Å²) in [7, 11) is 1.24. The number of nitrogens with zero attached hydrogens (tertiary/aromatic N) is 3. The van der Waals surface area contributed by atoms with E-state index < -0.39 is 23.7 Å². The van der Waals surface area contributed by atoms with E-state index in [0.717, 1.165) is 17.4 Å². The molecule has 4 rings (SSSR count). The normalized spacial score (nSPS) is 11.8. The SMILES string of the molecule is COC(=O)c1sc2cc(NC(=O)c3cc4nc(C)cc(C(F)(F)F)n4n3)ccc2c1Cl. The first-order valence-corrected chi connectivity index (χ1v) is 9.84. The maximum Gasteiger partial charge on any atom is 0.433 e. The lowest BCUT2D eigenvalue weighted by molar-refractivity contribution is -0.142. The minimum atomic E-state index is -4.66. The Morgan fingerprint density at radius 1 is 1.23 bits per heavy atom. The predicted octanol–water partition coefficient (Wildman–Crippen LogP) is 4.96. The number of thiophene rings is 1. The zero-order chi connectivity index (χ0) is 22.5. The number of hydrogen-bond acceptors (Lipinski definition) is 6. The summed E-state index contributed by atoms with van der Waals surface area (Å²) >= 11 is 7.30. The molecule has 0 fully saturated rings. The second kappa shape index (κ2) is 7.50.